The van der Waals surface area contributed by atoms with Gasteiger partial charge in [0.1, 0.15) is 0 Å². The average molecular weight is 332 g/mol. The molecular formula is C18H24N2O2S. The Kier molecular flexibility index (Phi) is 5.28. The van der Waals surface area contributed by atoms with Crippen LogP contribution in [0.2, 0.25) is 0 Å². The Labute approximate surface area is 141 Å². The molecule has 5 heteroatoms. The Bertz CT molecular complexity index is 627. The molecule has 0 N–H and O–H groups in total. The molecule has 2 unspecified atom stereocenters. The van der Waals surface area contributed by atoms with Crippen molar-refractivity contribution in [1.29, 1.82) is 0 Å². The third-order valence-electron chi connectivity index (χ3n) is 4.14. The number of thiazole rings is 1. The number of aromatic nitrogens is 1. The first-order valence-corrected chi connectivity index (χ1v) is 9.21. The quantitative estimate of drug-likeness (QED) is 0.785. The second kappa shape index (κ2) is 7.41. The summed E-state index contributed by atoms with van der Waals surface area (Å²) in [5.74, 6) is 0.260. The molecule has 2 aromatic rings. The average Bonchev–Trinajstić information content (AvgIpc) is 2.93. The van der Waals surface area contributed by atoms with Crippen LogP contribution in [-0.2, 0) is 16.0 Å². The number of hydrogen-bond donors (Lipinski definition) is 0. The van der Waals surface area contributed by atoms with Crippen molar-refractivity contribution in [3.63, 3.8) is 0 Å². The minimum Gasteiger partial charge on any atom is -0.372 e. The smallest absolute Gasteiger partial charge is 0.222 e. The minimum atomic E-state index is 0.144. The number of hydrogen-bond acceptors (Lipinski definition) is 4. The van der Waals surface area contributed by atoms with Gasteiger partial charge in [-0.1, -0.05) is 12.1 Å². The summed E-state index contributed by atoms with van der Waals surface area (Å²) < 4.78 is 6.92. The van der Waals surface area contributed by atoms with Gasteiger partial charge in [-0.05, 0) is 45.2 Å². The number of rotatable bonds is 5. The molecular weight excluding hydrogens is 308 g/mol. The van der Waals surface area contributed by atoms with Crippen LogP contribution in [-0.4, -0.2) is 41.1 Å². The van der Waals surface area contributed by atoms with Crippen LogP contribution < -0.4 is 0 Å². The van der Waals surface area contributed by atoms with Crippen LogP contribution in [0.3, 0.4) is 0 Å². The summed E-state index contributed by atoms with van der Waals surface area (Å²) in [6.45, 7) is 5.51. The van der Waals surface area contributed by atoms with Crippen LogP contribution in [0.25, 0.3) is 10.2 Å². The molecule has 1 fully saturated rings. The molecule has 1 aliphatic heterocycles. The van der Waals surface area contributed by atoms with Gasteiger partial charge < -0.3 is 9.64 Å². The molecule has 2 atom stereocenters. The molecule has 1 aliphatic rings. The Morgan fingerprint density at radius 2 is 2.00 bits per heavy atom. The van der Waals surface area contributed by atoms with Gasteiger partial charge >= 0.3 is 0 Å². The van der Waals surface area contributed by atoms with Crippen molar-refractivity contribution in [2.75, 3.05) is 13.1 Å². The van der Waals surface area contributed by atoms with Gasteiger partial charge in [0.05, 0.1) is 27.4 Å². The summed E-state index contributed by atoms with van der Waals surface area (Å²) >= 11 is 1.76. The molecule has 4 nitrogen and oxygen atoms in total. The van der Waals surface area contributed by atoms with Gasteiger partial charge in [-0.25, -0.2) is 4.98 Å². The van der Waals surface area contributed by atoms with Crippen molar-refractivity contribution < 1.29 is 9.53 Å². The molecule has 0 aliphatic carbocycles. The zero-order chi connectivity index (χ0) is 16.2. The predicted molar refractivity (Wildman–Crippen MR) is 93.8 cm³/mol. The SMILES string of the molecule is CC1CN(C(=O)CCCCc2nc3ccccc3s2)CC(C)O1. The fourth-order valence-electron chi connectivity index (χ4n) is 3.12. The van der Waals surface area contributed by atoms with Gasteiger partial charge in [0.25, 0.3) is 0 Å². The number of unbranched alkanes of at least 4 members (excludes halogenated alkanes) is 1. The van der Waals surface area contributed by atoms with Crippen molar-refractivity contribution in [1.82, 2.24) is 9.88 Å². The highest BCUT2D eigenvalue weighted by Gasteiger charge is 2.25. The highest BCUT2D eigenvalue weighted by atomic mass is 32.1. The maximum atomic E-state index is 12.3. The van der Waals surface area contributed by atoms with Gasteiger partial charge in [0, 0.05) is 19.5 Å². The monoisotopic (exact) mass is 332 g/mol. The molecule has 1 amide bonds. The van der Waals surface area contributed by atoms with Crippen molar-refractivity contribution >= 4 is 27.5 Å². The highest BCUT2D eigenvalue weighted by molar-refractivity contribution is 7.18. The number of nitrogens with zero attached hydrogens (tertiary/aromatic N) is 2. The largest absolute Gasteiger partial charge is 0.372 e. The van der Waals surface area contributed by atoms with Crippen LogP contribution in [0.1, 0.15) is 38.1 Å². The topological polar surface area (TPSA) is 42.4 Å². The number of carbonyl (C=O) groups is 1. The molecule has 0 radical (unpaired) electrons. The van der Waals surface area contributed by atoms with Gasteiger partial charge in [-0.3, -0.25) is 4.79 Å². The summed E-state index contributed by atoms with van der Waals surface area (Å²) in [4.78, 5) is 18.9. The van der Waals surface area contributed by atoms with E-state index in [1.165, 1.54) is 9.71 Å². The van der Waals surface area contributed by atoms with E-state index in [2.05, 4.69) is 17.1 Å². The second-order valence-corrected chi connectivity index (χ2v) is 7.45. The van der Waals surface area contributed by atoms with Crippen molar-refractivity contribution in [3.05, 3.63) is 29.3 Å². The molecule has 124 valence electrons. The van der Waals surface area contributed by atoms with Gasteiger partial charge in [0.15, 0.2) is 0 Å². The first-order chi connectivity index (χ1) is 11.1. The normalized spacial score (nSPS) is 21.7. The number of benzene rings is 1. The number of aryl methyl sites for hydroxylation is 1. The number of morpholine rings is 1. The van der Waals surface area contributed by atoms with Crippen LogP contribution in [0.4, 0.5) is 0 Å². The molecule has 1 aromatic carbocycles. The molecule has 0 spiro atoms. The van der Waals surface area contributed by atoms with Gasteiger partial charge in [0.2, 0.25) is 5.91 Å². The van der Waals surface area contributed by atoms with E-state index in [9.17, 15) is 4.79 Å². The summed E-state index contributed by atoms with van der Waals surface area (Å²) in [7, 11) is 0. The van der Waals surface area contributed by atoms with Crippen LogP contribution in [0, 0.1) is 0 Å². The Morgan fingerprint density at radius 1 is 1.26 bits per heavy atom. The van der Waals surface area contributed by atoms with Crippen LogP contribution in [0.5, 0.6) is 0 Å². The van der Waals surface area contributed by atoms with E-state index < -0.39 is 0 Å². The predicted octanol–water partition coefficient (Wildman–Crippen LogP) is 3.64. The lowest BCUT2D eigenvalue weighted by Gasteiger charge is -2.35. The van der Waals surface area contributed by atoms with E-state index in [1.807, 2.05) is 30.9 Å². The molecule has 1 aromatic heterocycles. The van der Waals surface area contributed by atoms with E-state index in [-0.39, 0.29) is 18.1 Å². The second-order valence-electron chi connectivity index (χ2n) is 6.34. The van der Waals surface area contributed by atoms with Crippen molar-refractivity contribution in [2.24, 2.45) is 0 Å². The molecule has 1 saturated heterocycles. The fraction of sp³-hybridized carbons (Fsp3) is 0.556. The number of fused-ring (bicyclic) bond motifs is 1. The maximum absolute atomic E-state index is 12.3. The Balaban J connectivity index is 1.43. The van der Waals surface area contributed by atoms with Crippen molar-refractivity contribution in [3.8, 4) is 0 Å². The summed E-state index contributed by atoms with van der Waals surface area (Å²) in [5, 5.41) is 1.17. The van der Waals surface area contributed by atoms with Crippen LogP contribution >= 0.6 is 11.3 Å². The third-order valence-corrected chi connectivity index (χ3v) is 5.24. The summed E-state index contributed by atoms with van der Waals surface area (Å²) in [6, 6.07) is 8.24. The van der Waals surface area contributed by atoms with E-state index in [0.29, 0.717) is 6.42 Å². The Morgan fingerprint density at radius 3 is 2.74 bits per heavy atom. The van der Waals surface area contributed by atoms with Gasteiger partial charge in [-0.15, -0.1) is 11.3 Å². The number of para-hydroxylation sites is 1. The summed E-state index contributed by atoms with van der Waals surface area (Å²) in [6.07, 6.45) is 3.82. The Hall–Kier alpha value is -1.46. The van der Waals surface area contributed by atoms with Crippen LogP contribution in [0.15, 0.2) is 24.3 Å². The maximum Gasteiger partial charge on any atom is 0.222 e. The molecule has 0 bridgehead atoms. The van der Waals surface area contributed by atoms with E-state index >= 15 is 0 Å². The molecule has 23 heavy (non-hydrogen) atoms. The third kappa shape index (κ3) is 4.30. The minimum absolute atomic E-state index is 0.144. The molecule has 3 rings (SSSR count). The lowest BCUT2D eigenvalue weighted by atomic mass is 10.1. The van der Waals surface area contributed by atoms with E-state index in [4.69, 9.17) is 4.74 Å². The summed E-state index contributed by atoms with van der Waals surface area (Å²) in [5.41, 5.74) is 1.08. The molecule has 0 saturated carbocycles. The number of carbonyl (C=O) groups excluding carboxylic acids is 1. The fourth-order valence-corrected chi connectivity index (χ4v) is 4.13. The lowest BCUT2D eigenvalue weighted by molar-refractivity contribution is -0.143. The zero-order valence-corrected chi connectivity index (χ0v) is 14.6. The zero-order valence-electron chi connectivity index (χ0n) is 13.8. The first kappa shape index (κ1) is 16.4. The van der Waals surface area contributed by atoms with E-state index in [1.54, 1.807) is 11.3 Å². The first-order valence-electron chi connectivity index (χ1n) is 8.39. The van der Waals surface area contributed by atoms with E-state index in [0.717, 1.165) is 37.9 Å². The molecule has 2 heterocycles. The van der Waals surface area contributed by atoms with Crippen molar-refractivity contribution in [2.45, 2.75) is 51.7 Å². The number of amides is 1. The van der Waals surface area contributed by atoms with Gasteiger partial charge in [-0.2, -0.15) is 0 Å². The highest BCUT2D eigenvalue weighted by Crippen LogP contribution is 2.23. The number of ether oxygens (including phenoxy) is 1. The lowest BCUT2D eigenvalue weighted by Crippen LogP contribution is -2.48. The standard InChI is InChI=1S/C18H24N2O2S/c1-13-11-20(12-14(2)22-13)18(21)10-6-5-9-17-19-15-7-3-4-8-16(15)23-17/h3-4,7-8,13-14H,5-6,9-12H2,1-2H3.